The highest BCUT2D eigenvalue weighted by atomic mass is 79.9. The van der Waals surface area contributed by atoms with E-state index in [0.717, 1.165) is 26.7 Å². The van der Waals surface area contributed by atoms with E-state index in [1.807, 2.05) is 59.6 Å². The number of hydrogen-bond acceptors (Lipinski definition) is 2. The topological polar surface area (TPSA) is 45.3 Å². The number of fused-ring (bicyclic) bond motifs is 1. The fourth-order valence-corrected chi connectivity index (χ4v) is 4.23. The minimum atomic E-state index is -0.0132. The van der Waals surface area contributed by atoms with E-state index in [9.17, 15) is 4.79 Å². The quantitative estimate of drug-likeness (QED) is 0.296. The number of nitrogens with zero attached hydrogens (tertiary/aromatic N) is 1. The monoisotopic (exact) mass is 504 g/mol. The van der Waals surface area contributed by atoms with E-state index < -0.39 is 0 Å². The Hall–Kier alpha value is -3.05. The summed E-state index contributed by atoms with van der Waals surface area (Å²) in [5.41, 5.74) is 4.00. The molecule has 0 aliphatic rings. The molecule has 4 rings (SSSR count). The molecule has 1 N–H and O–H groups in total. The highest BCUT2D eigenvalue weighted by Gasteiger charge is 2.20. The molecule has 170 valence electrons. The first-order valence-corrected chi connectivity index (χ1v) is 11.9. The third-order valence-electron chi connectivity index (χ3n) is 5.72. The van der Waals surface area contributed by atoms with Crippen LogP contribution in [0.4, 0.5) is 0 Å². The van der Waals surface area contributed by atoms with Gasteiger partial charge in [0.25, 0.3) is 5.91 Å². The fourth-order valence-electron chi connectivity index (χ4n) is 3.85. The molecule has 0 saturated heterocycles. The summed E-state index contributed by atoms with van der Waals surface area (Å²) >= 11 is 3.47. The third-order valence-corrected chi connectivity index (χ3v) is 6.22. The van der Waals surface area contributed by atoms with Crippen LogP contribution in [0.1, 0.15) is 42.3 Å². The van der Waals surface area contributed by atoms with Gasteiger partial charge in [-0.15, -0.1) is 0 Å². The van der Waals surface area contributed by atoms with Crippen molar-refractivity contribution in [2.45, 2.75) is 32.7 Å². The number of carbonyl (C=O) groups excluding carboxylic acids is 1. The lowest BCUT2D eigenvalue weighted by Crippen LogP contribution is -2.34. The van der Waals surface area contributed by atoms with Gasteiger partial charge in [-0.1, -0.05) is 79.2 Å². The number of H-pyrrole nitrogens is 1. The molecule has 0 unspecified atom stereocenters. The summed E-state index contributed by atoms with van der Waals surface area (Å²) in [5.74, 6) is 0.763. The van der Waals surface area contributed by atoms with E-state index in [1.165, 1.54) is 5.56 Å². The van der Waals surface area contributed by atoms with Crippen molar-refractivity contribution in [3.63, 3.8) is 0 Å². The summed E-state index contributed by atoms with van der Waals surface area (Å²) in [4.78, 5) is 18.7. The molecule has 3 aromatic carbocycles. The number of rotatable bonds is 7. The smallest absolute Gasteiger partial charge is 0.256 e. The predicted octanol–water partition coefficient (Wildman–Crippen LogP) is 6.95. The zero-order valence-electron chi connectivity index (χ0n) is 19.3. The molecule has 1 amide bonds. The van der Waals surface area contributed by atoms with E-state index in [0.29, 0.717) is 25.3 Å². The van der Waals surface area contributed by atoms with Gasteiger partial charge >= 0.3 is 0 Å². The maximum Gasteiger partial charge on any atom is 0.256 e. The first kappa shape index (κ1) is 23.1. The minimum absolute atomic E-state index is 0.0132. The maximum atomic E-state index is 13.6. The Morgan fingerprint density at radius 3 is 2.48 bits per heavy atom. The van der Waals surface area contributed by atoms with Crippen LogP contribution in [0.3, 0.4) is 0 Å². The van der Waals surface area contributed by atoms with Gasteiger partial charge in [-0.05, 0) is 46.9 Å². The molecule has 1 heterocycles. The van der Waals surface area contributed by atoms with Crippen molar-refractivity contribution in [3.05, 3.63) is 100 Å². The first-order valence-electron chi connectivity index (χ1n) is 11.1. The van der Waals surface area contributed by atoms with E-state index in [-0.39, 0.29) is 11.3 Å². The number of benzene rings is 3. The van der Waals surface area contributed by atoms with Crippen molar-refractivity contribution in [3.8, 4) is 5.75 Å². The van der Waals surface area contributed by atoms with Gasteiger partial charge in [0.1, 0.15) is 12.4 Å². The van der Waals surface area contributed by atoms with Gasteiger partial charge in [-0.25, -0.2) is 0 Å². The number of amides is 1. The molecule has 0 saturated carbocycles. The Labute approximate surface area is 203 Å². The summed E-state index contributed by atoms with van der Waals surface area (Å²) in [6.07, 6.45) is 1.87. The second kappa shape index (κ2) is 9.84. The first-order chi connectivity index (χ1) is 15.8. The largest absolute Gasteiger partial charge is 0.492 e. The minimum Gasteiger partial charge on any atom is -0.492 e. The lowest BCUT2D eigenvalue weighted by Gasteiger charge is -2.24. The summed E-state index contributed by atoms with van der Waals surface area (Å²) in [6, 6.07) is 24.1. The van der Waals surface area contributed by atoms with Crippen LogP contribution >= 0.6 is 15.9 Å². The van der Waals surface area contributed by atoms with Crippen LogP contribution in [0, 0.1) is 0 Å². The van der Waals surface area contributed by atoms with Gasteiger partial charge in [0.05, 0.1) is 17.6 Å². The van der Waals surface area contributed by atoms with Gasteiger partial charge in [-0.2, -0.15) is 0 Å². The molecule has 0 bridgehead atoms. The highest BCUT2D eigenvalue weighted by molar-refractivity contribution is 9.10. The Bertz CT molecular complexity index is 1240. The number of para-hydroxylation sites is 1. The van der Waals surface area contributed by atoms with Crippen LogP contribution in [0.25, 0.3) is 10.9 Å². The Balaban J connectivity index is 1.55. The van der Waals surface area contributed by atoms with Crippen molar-refractivity contribution in [2.24, 2.45) is 0 Å². The molecule has 1 aromatic heterocycles. The number of ether oxygens (including phenoxy) is 1. The van der Waals surface area contributed by atoms with E-state index in [2.05, 4.69) is 66.0 Å². The van der Waals surface area contributed by atoms with Crippen LogP contribution in [-0.4, -0.2) is 28.9 Å². The molecule has 0 radical (unpaired) electrons. The van der Waals surface area contributed by atoms with Crippen molar-refractivity contribution >= 4 is 32.7 Å². The SMILES string of the molecule is CC(C)(C)c1ccc(CN(CCOc2cccc(Br)c2)C(=O)c2cccc3cc[nH]c23)cc1. The Kier molecular flexibility index (Phi) is 6.89. The standard InChI is InChI=1S/C28H29BrN2O2/c1-28(2,3)22-12-10-20(11-13-22)19-31(16-17-33-24-8-5-7-23(29)18-24)27(32)25-9-4-6-21-14-15-30-26(21)25/h4-15,18,30H,16-17,19H2,1-3H3. The van der Waals surface area contributed by atoms with Gasteiger partial charge in [0.15, 0.2) is 0 Å². The van der Waals surface area contributed by atoms with Crippen LogP contribution in [0.2, 0.25) is 0 Å². The van der Waals surface area contributed by atoms with Gasteiger partial charge in [0, 0.05) is 22.6 Å². The molecular formula is C28H29BrN2O2. The number of aromatic amines is 1. The zero-order valence-corrected chi connectivity index (χ0v) is 20.9. The fraction of sp³-hybridized carbons (Fsp3) is 0.250. The summed E-state index contributed by atoms with van der Waals surface area (Å²) in [5, 5.41) is 1.03. The highest BCUT2D eigenvalue weighted by Crippen LogP contribution is 2.24. The summed E-state index contributed by atoms with van der Waals surface area (Å²) < 4.78 is 6.91. The van der Waals surface area contributed by atoms with E-state index in [4.69, 9.17) is 4.74 Å². The molecule has 0 fully saturated rings. The van der Waals surface area contributed by atoms with Crippen LogP contribution in [-0.2, 0) is 12.0 Å². The number of carbonyl (C=O) groups is 1. The normalized spacial score (nSPS) is 11.5. The van der Waals surface area contributed by atoms with Gasteiger partial charge < -0.3 is 14.6 Å². The molecule has 5 heteroatoms. The number of halogens is 1. The third kappa shape index (κ3) is 5.66. The van der Waals surface area contributed by atoms with Gasteiger partial charge in [-0.3, -0.25) is 4.79 Å². The number of nitrogens with one attached hydrogen (secondary N) is 1. The number of aromatic nitrogens is 1. The van der Waals surface area contributed by atoms with Crippen LogP contribution in [0.5, 0.6) is 5.75 Å². The average molecular weight is 505 g/mol. The van der Waals surface area contributed by atoms with Crippen LogP contribution in [0.15, 0.2) is 83.5 Å². The Morgan fingerprint density at radius 1 is 1.00 bits per heavy atom. The molecule has 0 spiro atoms. The Morgan fingerprint density at radius 2 is 1.76 bits per heavy atom. The van der Waals surface area contributed by atoms with Crippen molar-refractivity contribution in [2.75, 3.05) is 13.2 Å². The van der Waals surface area contributed by atoms with Gasteiger partial charge in [0.2, 0.25) is 0 Å². The van der Waals surface area contributed by atoms with E-state index >= 15 is 0 Å². The second-order valence-corrected chi connectivity index (χ2v) is 10.1. The molecule has 0 atom stereocenters. The summed E-state index contributed by atoms with van der Waals surface area (Å²) in [6.45, 7) is 8.00. The van der Waals surface area contributed by atoms with Crippen molar-refractivity contribution < 1.29 is 9.53 Å². The van der Waals surface area contributed by atoms with Crippen molar-refractivity contribution in [1.82, 2.24) is 9.88 Å². The lowest BCUT2D eigenvalue weighted by molar-refractivity contribution is 0.0718. The lowest BCUT2D eigenvalue weighted by atomic mass is 9.87. The molecular weight excluding hydrogens is 476 g/mol. The zero-order chi connectivity index (χ0) is 23.4. The summed E-state index contributed by atoms with van der Waals surface area (Å²) in [7, 11) is 0. The van der Waals surface area contributed by atoms with E-state index in [1.54, 1.807) is 0 Å². The van der Waals surface area contributed by atoms with Crippen LogP contribution < -0.4 is 4.74 Å². The molecule has 33 heavy (non-hydrogen) atoms. The molecule has 4 aromatic rings. The average Bonchev–Trinajstić information content (AvgIpc) is 3.27. The molecule has 0 aliphatic heterocycles. The molecule has 0 aliphatic carbocycles. The molecule has 4 nitrogen and oxygen atoms in total. The predicted molar refractivity (Wildman–Crippen MR) is 138 cm³/mol. The van der Waals surface area contributed by atoms with Crippen molar-refractivity contribution in [1.29, 1.82) is 0 Å². The maximum absolute atomic E-state index is 13.6. The second-order valence-electron chi connectivity index (χ2n) is 9.23. The number of hydrogen-bond donors (Lipinski definition) is 1.